The van der Waals surface area contributed by atoms with Gasteiger partial charge < -0.3 is 18.9 Å². The summed E-state index contributed by atoms with van der Waals surface area (Å²) in [6.07, 6.45) is 1.31. The standard InChI is InChI=1S/C27H29NO5/c1-16-20(11-12-23(29)28-13-8-14-31-4)27(30)33-25-17(2)26-22(15-21(16)25)24(18(3)32-26)19-9-6-5-7-10-19/h5-7,9-10,15H,8,11-14H2,1-4H3,(H,28,29). The summed E-state index contributed by atoms with van der Waals surface area (Å²) >= 11 is 0. The molecule has 0 unspecified atom stereocenters. The first kappa shape index (κ1) is 22.8. The lowest BCUT2D eigenvalue weighted by molar-refractivity contribution is -0.121. The van der Waals surface area contributed by atoms with E-state index in [2.05, 4.69) is 17.4 Å². The van der Waals surface area contributed by atoms with Gasteiger partial charge in [-0.1, -0.05) is 30.3 Å². The molecule has 2 aromatic heterocycles. The summed E-state index contributed by atoms with van der Waals surface area (Å²) in [4.78, 5) is 25.0. The molecule has 0 radical (unpaired) electrons. The van der Waals surface area contributed by atoms with Crippen LogP contribution >= 0.6 is 0 Å². The van der Waals surface area contributed by atoms with Crippen LogP contribution in [0.1, 0.15) is 35.3 Å². The monoisotopic (exact) mass is 447 g/mol. The van der Waals surface area contributed by atoms with Crippen molar-refractivity contribution in [3.05, 3.63) is 69.3 Å². The highest BCUT2D eigenvalue weighted by molar-refractivity contribution is 6.05. The number of hydrogen-bond donors (Lipinski definition) is 1. The maximum absolute atomic E-state index is 12.8. The number of ether oxygens (including phenoxy) is 1. The van der Waals surface area contributed by atoms with Crippen molar-refractivity contribution >= 4 is 27.8 Å². The first-order valence-corrected chi connectivity index (χ1v) is 11.2. The van der Waals surface area contributed by atoms with Gasteiger partial charge >= 0.3 is 5.63 Å². The van der Waals surface area contributed by atoms with Crippen molar-refractivity contribution in [2.45, 2.75) is 40.0 Å². The van der Waals surface area contributed by atoms with Crippen molar-refractivity contribution < 1.29 is 18.4 Å². The summed E-state index contributed by atoms with van der Waals surface area (Å²) in [5, 5.41) is 4.72. The van der Waals surface area contributed by atoms with Crippen LogP contribution in [0.25, 0.3) is 33.1 Å². The molecular formula is C27H29NO5. The average molecular weight is 448 g/mol. The van der Waals surface area contributed by atoms with E-state index in [1.165, 1.54) is 0 Å². The van der Waals surface area contributed by atoms with E-state index >= 15 is 0 Å². The van der Waals surface area contributed by atoms with Crippen molar-refractivity contribution in [3.63, 3.8) is 0 Å². The predicted molar refractivity (Wildman–Crippen MR) is 130 cm³/mol. The molecule has 1 amide bonds. The molecule has 0 spiro atoms. The molecule has 6 nitrogen and oxygen atoms in total. The number of aryl methyl sites for hydroxylation is 3. The fraction of sp³-hybridized carbons (Fsp3) is 0.333. The van der Waals surface area contributed by atoms with E-state index in [0.29, 0.717) is 30.7 Å². The fourth-order valence-corrected chi connectivity index (χ4v) is 4.40. The topological polar surface area (TPSA) is 81.7 Å². The summed E-state index contributed by atoms with van der Waals surface area (Å²) in [7, 11) is 1.63. The quantitative estimate of drug-likeness (QED) is 0.296. The highest BCUT2D eigenvalue weighted by Crippen LogP contribution is 2.39. The number of benzene rings is 2. The summed E-state index contributed by atoms with van der Waals surface area (Å²) in [5.74, 6) is 0.730. The van der Waals surface area contributed by atoms with E-state index in [1.54, 1.807) is 7.11 Å². The maximum atomic E-state index is 12.8. The van der Waals surface area contributed by atoms with E-state index in [0.717, 1.165) is 50.8 Å². The SMILES string of the molecule is COCCCNC(=O)CCc1c(C)c2cc3c(-c4ccccc4)c(C)oc3c(C)c2oc1=O. The zero-order valence-corrected chi connectivity index (χ0v) is 19.5. The first-order valence-electron chi connectivity index (χ1n) is 11.2. The molecule has 0 aliphatic carbocycles. The molecule has 4 aromatic rings. The van der Waals surface area contributed by atoms with Gasteiger partial charge in [-0.25, -0.2) is 4.79 Å². The highest BCUT2D eigenvalue weighted by atomic mass is 16.5. The Morgan fingerprint density at radius 3 is 2.45 bits per heavy atom. The number of fused-ring (bicyclic) bond motifs is 2. The Morgan fingerprint density at radius 1 is 1.00 bits per heavy atom. The molecule has 2 aromatic carbocycles. The Hall–Kier alpha value is -3.38. The van der Waals surface area contributed by atoms with Crippen LogP contribution in [-0.4, -0.2) is 26.2 Å². The summed E-state index contributed by atoms with van der Waals surface area (Å²) in [6, 6.07) is 12.2. The fourth-order valence-electron chi connectivity index (χ4n) is 4.40. The second-order valence-corrected chi connectivity index (χ2v) is 8.34. The largest absolute Gasteiger partial charge is 0.460 e. The van der Waals surface area contributed by atoms with Gasteiger partial charge in [-0.2, -0.15) is 0 Å². The van der Waals surface area contributed by atoms with Gasteiger partial charge in [0.2, 0.25) is 5.91 Å². The smallest absolute Gasteiger partial charge is 0.339 e. The van der Waals surface area contributed by atoms with Crippen LogP contribution in [0.15, 0.2) is 50.0 Å². The lowest BCUT2D eigenvalue weighted by Crippen LogP contribution is -2.26. The van der Waals surface area contributed by atoms with E-state index < -0.39 is 5.63 Å². The molecule has 0 fully saturated rings. The molecule has 0 saturated carbocycles. The normalized spacial score (nSPS) is 11.4. The third-order valence-electron chi connectivity index (χ3n) is 6.15. The number of carbonyl (C=O) groups is 1. The Labute approximate surface area is 192 Å². The number of methoxy groups -OCH3 is 1. The van der Waals surface area contributed by atoms with Crippen LogP contribution in [-0.2, 0) is 16.0 Å². The van der Waals surface area contributed by atoms with Gasteiger partial charge in [0.1, 0.15) is 16.9 Å². The van der Waals surface area contributed by atoms with E-state index in [9.17, 15) is 9.59 Å². The van der Waals surface area contributed by atoms with E-state index in [4.69, 9.17) is 13.6 Å². The predicted octanol–water partition coefficient (Wildman–Crippen LogP) is 5.22. The van der Waals surface area contributed by atoms with Gasteiger partial charge in [-0.05, 0) is 50.8 Å². The minimum atomic E-state index is -0.402. The molecule has 2 heterocycles. The Bertz CT molecular complexity index is 1360. The number of carbonyl (C=O) groups excluding carboxylic acids is 1. The number of rotatable bonds is 8. The number of nitrogens with one attached hydrogen (secondary N) is 1. The van der Waals surface area contributed by atoms with E-state index in [-0.39, 0.29) is 12.3 Å². The summed E-state index contributed by atoms with van der Waals surface area (Å²) in [6.45, 7) is 6.94. The molecule has 4 rings (SSSR count). The van der Waals surface area contributed by atoms with Gasteiger partial charge in [0, 0.05) is 54.1 Å². The van der Waals surface area contributed by atoms with E-state index in [1.807, 2.05) is 45.0 Å². The van der Waals surface area contributed by atoms with Crippen LogP contribution < -0.4 is 10.9 Å². The molecule has 1 N–H and O–H groups in total. The van der Waals surface area contributed by atoms with Crippen LogP contribution in [0.4, 0.5) is 0 Å². The zero-order chi connectivity index (χ0) is 23.5. The van der Waals surface area contributed by atoms with Crippen molar-refractivity contribution in [2.24, 2.45) is 0 Å². The second kappa shape index (κ2) is 9.63. The molecule has 172 valence electrons. The highest BCUT2D eigenvalue weighted by Gasteiger charge is 2.21. The Kier molecular flexibility index (Phi) is 6.65. The summed E-state index contributed by atoms with van der Waals surface area (Å²) in [5.41, 5.74) is 5.16. The van der Waals surface area contributed by atoms with Gasteiger partial charge in [-0.15, -0.1) is 0 Å². The summed E-state index contributed by atoms with van der Waals surface area (Å²) < 4.78 is 16.9. The average Bonchev–Trinajstić information content (AvgIpc) is 3.14. The third-order valence-corrected chi connectivity index (χ3v) is 6.15. The first-order chi connectivity index (χ1) is 15.9. The number of furan rings is 1. The van der Waals surface area contributed by atoms with Crippen LogP contribution in [0, 0.1) is 20.8 Å². The molecule has 0 atom stereocenters. The van der Waals surface area contributed by atoms with Crippen molar-refractivity contribution in [2.75, 3.05) is 20.3 Å². The van der Waals surface area contributed by atoms with Crippen LogP contribution in [0.5, 0.6) is 0 Å². The molecule has 0 aliphatic heterocycles. The second-order valence-electron chi connectivity index (χ2n) is 8.34. The minimum Gasteiger partial charge on any atom is -0.460 e. The molecule has 33 heavy (non-hydrogen) atoms. The molecule has 0 aliphatic rings. The van der Waals surface area contributed by atoms with Crippen LogP contribution in [0.2, 0.25) is 0 Å². The molecular weight excluding hydrogens is 418 g/mol. The van der Waals surface area contributed by atoms with Gasteiger partial charge in [-0.3, -0.25) is 4.79 Å². The molecule has 0 bridgehead atoms. The van der Waals surface area contributed by atoms with Crippen molar-refractivity contribution in [3.8, 4) is 11.1 Å². The van der Waals surface area contributed by atoms with Gasteiger partial charge in [0.05, 0.1) is 0 Å². The Morgan fingerprint density at radius 2 is 1.73 bits per heavy atom. The lowest BCUT2D eigenvalue weighted by Gasteiger charge is -2.10. The lowest BCUT2D eigenvalue weighted by atomic mass is 9.96. The third kappa shape index (κ3) is 4.44. The maximum Gasteiger partial charge on any atom is 0.339 e. The zero-order valence-electron chi connectivity index (χ0n) is 19.5. The number of amides is 1. The molecule has 6 heteroatoms. The van der Waals surface area contributed by atoms with Gasteiger partial charge in [0.25, 0.3) is 0 Å². The Balaban J connectivity index is 1.73. The van der Waals surface area contributed by atoms with Crippen molar-refractivity contribution in [1.82, 2.24) is 5.32 Å². The van der Waals surface area contributed by atoms with Gasteiger partial charge in [0.15, 0.2) is 0 Å². The van der Waals surface area contributed by atoms with Crippen LogP contribution in [0.3, 0.4) is 0 Å². The van der Waals surface area contributed by atoms with Crippen molar-refractivity contribution in [1.29, 1.82) is 0 Å². The molecule has 0 saturated heterocycles. The number of hydrogen-bond acceptors (Lipinski definition) is 5. The minimum absolute atomic E-state index is 0.0894.